The highest BCUT2D eigenvalue weighted by atomic mass is 16.2. The standard InChI is InChI=1S/C14H20N2O/c17-14(13-9-5-2-6-10-13)16-15-11-12-7-3-1-4-8-12/h2,5-6,9-10,12,15H,1,3-4,7-8,11H2,(H,16,17). The van der Waals surface area contributed by atoms with E-state index in [9.17, 15) is 4.79 Å². The van der Waals surface area contributed by atoms with Crippen molar-refractivity contribution in [2.24, 2.45) is 5.92 Å². The van der Waals surface area contributed by atoms with Crippen LogP contribution in [0, 0.1) is 5.92 Å². The highest BCUT2D eigenvalue weighted by Gasteiger charge is 2.13. The Morgan fingerprint density at radius 1 is 1.12 bits per heavy atom. The summed E-state index contributed by atoms with van der Waals surface area (Å²) < 4.78 is 0. The lowest BCUT2D eigenvalue weighted by Gasteiger charge is -2.21. The third-order valence-electron chi connectivity index (χ3n) is 3.35. The molecular weight excluding hydrogens is 212 g/mol. The predicted octanol–water partition coefficient (Wildman–Crippen LogP) is 2.50. The molecule has 2 N–H and O–H groups in total. The number of hydrogen-bond donors (Lipinski definition) is 2. The number of nitrogens with one attached hydrogen (secondary N) is 2. The van der Waals surface area contributed by atoms with Crippen LogP contribution in [0.15, 0.2) is 30.3 Å². The Labute approximate surface area is 103 Å². The van der Waals surface area contributed by atoms with Gasteiger partial charge >= 0.3 is 0 Å². The molecule has 1 aliphatic rings. The first-order chi connectivity index (χ1) is 8.36. The first-order valence-electron chi connectivity index (χ1n) is 6.44. The molecule has 0 bridgehead atoms. The van der Waals surface area contributed by atoms with Crippen LogP contribution in [0.4, 0.5) is 0 Å². The molecule has 3 heteroatoms. The maximum atomic E-state index is 11.7. The van der Waals surface area contributed by atoms with Gasteiger partial charge in [0.15, 0.2) is 0 Å². The van der Waals surface area contributed by atoms with E-state index in [0.717, 1.165) is 12.5 Å². The van der Waals surface area contributed by atoms with Crippen LogP contribution < -0.4 is 10.9 Å². The van der Waals surface area contributed by atoms with E-state index in [2.05, 4.69) is 10.9 Å². The Hall–Kier alpha value is -1.35. The molecule has 0 spiro atoms. The SMILES string of the molecule is O=C(NNCC1CCCCC1)c1ccccc1. The molecular formula is C14H20N2O. The molecule has 1 amide bonds. The largest absolute Gasteiger partial charge is 0.287 e. The summed E-state index contributed by atoms with van der Waals surface area (Å²) >= 11 is 0. The van der Waals surface area contributed by atoms with E-state index in [0.29, 0.717) is 5.56 Å². The number of carbonyl (C=O) groups excluding carboxylic acids is 1. The molecule has 1 saturated carbocycles. The normalized spacial score (nSPS) is 16.7. The van der Waals surface area contributed by atoms with Crippen molar-refractivity contribution in [3.63, 3.8) is 0 Å². The Morgan fingerprint density at radius 2 is 1.82 bits per heavy atom. The van der Waals surface area contributed by atoms with Gasteiger partial charge in [0.05, 0.1) is 0 Å². The summed E-state index contributed by atoms with van der Waals surface area (Å²) in [6.45, 7) is 0.887. The van der Waals surface area contributed by atoms with Crippen LogP contribution >= 0.6 is 0 Å². The molecule has 2 rings (SSSR count). The van der Waals surface area contributed by atoms with E-state index in [-0.39, 0.29) is 5.91 Å². The minimum absolute atomic E-state index is 0.0543. The zero-order chi connectivity index (χ0) is 11.9. The van der Waals surface area contributed by atoms with Crippen LogP contribution in [0.1, 0.15) is 42.5 Å². The summed E-state index contributed by atoms with van der Waals surface area (Å²) in [6.07, 6.45) is 6.60. The second-order valence-electron chi connectivity index (χ2n) is 4.71. The molecule has 0 atom stereocenters. The van der Waals surface area contributed by atoms with Gasteiger partial charge in [0.25, 0.3) is 5.91 Å². The molecule has 1 fully saturated rings. The van der Waals surface area contributed by atoms with E-state index < -0.39 is 0 Å². The van der Waals surface area contributed by atoms with Crippen molar-refractivity contribution in [3.05, 3.63) is 35.9 Å². The Kier molecular flexibility index (Phi) is 4.56. The van der Waals surface area contributed by atoms with Crippen LogP contribution in [0.5, 0.6) is 0 Å². The molecule has 0 aliphatic heterocycles. The molecule has 0 unspecified atom stereocenters. The minimum atomic E-state index is -0.0543. The van der Waals surface area contributed by atoms with E-state index in [1.165, 1.54) is 32.1 Å². The van der Waals surface area contributed by atoms with Crippen molar-refractivity contribution in [3.8, 4) is 0 Å². The van der Waals surface area contributed by atoms with Crippen LogP contribution in [0.2, 0.25) is 0 Å². The molecule has 1 aromatic carbocycles. The monoisotopic (exact) mass is 232 g/mol. The van der Waals surface area contributed by atoms with Gasteiger partial charge in [-0.25, -0.2) is 5.43 Å². The van der Waals surface area contributed by atoms with Crippen LogP contribution in [-0.4, -0.2) is 12.5 Å². The fourth-order valence-electron chi connectivity index (χ4n) is 2.33. The fraction of sp³-hybridized carbons (Fsp3) is 0.500. The average Bonchev–Trinajstić information content (AvgIpc) is 2.41. The van der Waals surface area contributed by atoms with Gasteiger partial charge in [0.1, 0.15) is 0 Å². The Morgan fingerprint density at radius 3 is 2.53 bits per heavy atom. The summed E-state index contributed by atoms with van der Waals surface area (Å²) in [5.41, 5.74) is 6.51. The van der Waals surface area contributed by atoms with Gasteiger partial charge in [-0.15, -0.1) is 0 Å². The number of rotatable bonds is 4. The van der Waals surface area contributed by atoms with Crippen molar-refractivity contribution in [2.75, 3.05) is 6.54 Å². The van der Waals surface area contributed by atoms with Crippen molar-refractivity contribution < 1.29 is 4.79 Å². The topological polar surface area (TPSA) is 41.1 Å². The quantitative estimate of drug-likeness (QED) is 0.783. The number of hydrogen-bond acceptors (Lipinski definition) is 2. The first-order valence-corrected chi connectivity index (χ1v) is 6.44. The molecule has 0 aromatic heterocycles. The summed E-state index contributed by atoms with van der Waals surface area (Å²) in [7, 11) is 0. The second-order valence-corrected chi connectivity index (χ2v) is 4.71. The van der Waals surface area contributed by atoms with Crippen LogP contribution in [0.25, 0.3) is 0 Å². The fourth-order valence-corrected chi connectivity index (χ4v) is 2.33. The number of amides is 1. The molecule has 92 valence electrons. The van der Waals surface area contributed by atoms with Gasteiger partial charge < -0.3 is 0 Å². The van der Waals surface area contributed by atoms with Crippen molar-refractivity contribution in [2.45, 2.75) is 32.1 Å². The van der Waals surface area contributed by atoms with Gasteiger partial charge in [-0.05, 0) is 30.9 Å². The number of carbonyl (C=O) groups is 1. The third-order valence-corrected chi connectivity index (χ3v) is 3.35. The molecule has 0 radical (unpaired) electrons. The highest BCUT2D eigenvalue weighted by Crippen LogP contribution is 2.22. The first kappa shape index (κ1) is 12.1. The van der Waals surface area contributed by atoms with Gasteiger partial charge in [-0.1, -0.05) is 37.5 Å². The van der Waals surface area contributed by atoms with Crippen molar-refractivity contribution in [1.29, 1.82) is 0 Å². The molecule has 0 saturated heterocycles. The van der Waals surface area contributed by atoms with Gasteiger partial charge in [-0.2, -0.15) is 0 Å². The zero-order valence-corrected chi connectivity index (χ0v) is 10.1. The molecule has 3 nitrogen and oxygen atoms in total. The Bertz CT molecular complexity index is 344. The molecule has 17 heavy (non-hydrogen) atoms. The van der Waals surface area contributed by atoms with Gasteiger partial charge in [0, 0.05) is 12.1 Å². The Balaban J connectivity index is 1.69. The van der Waals surface area contributed by atoms with E-state index >= 15 is 0 Å². The number of hydrazine groups is 1. The average molecular weight is 232 g/mol. The van der Waals surface area contributed by atoms with Crippen LogP contribution in [0.3, 0.4) is 0 Å². The van der Waals surface area contributed by atoms with E-state index in [1.54, 1.807) is 0 Å². The van der Waals surface area contributed by atoms with Gasteiger partial charge in [0.2, 0.25) is 0 Å². The molecule has 1 aliphatic carbocycles. The van der Waals surface area contributed by atoms with E-state index in [4.69, 9.17) is 0 Å². The third kappa shape index (κ3) is 3.86. The summed E-state index contributed by atoms with van der Waals surface area (Å²) in [5, 5.41) is 0. The second kappa shape index (κ2) is 6.40. The summed E-state index contributed by atoms with van der Waals surface area (Å²) in [5.74, 6) is 0.668. The molecule has 1 aromatic rings. The number of benzene rings is 1. The van der Waals surface area contributed by atoms with Crippen molar-refractivity contribution >= 4 is 5.91 Å². The lowest BCUT2D eigenvalue weighted by Crippen LogP contribution is -2.40. The smallest absolute Gasteiger partial charge is 0.265 e. The van der Waals surface area contributed by atoms with Gasteiger partial charge in [-0.3, -0.25) is 10.2 Å². The predicted molar refractivity (Wildman–Crippen MR) is 68.5 cm³/mol. The van der Waals surface area contributed by atoms with E-state index in [1.807, 2.05) is 30.3 Å². The lowest BCUT2D eigenvalue weighted by molar-refractivity contribution is 0.0928. The van der Waals surface area contributed by atoms with Crippen molar-refractivity contribution in [1.82, 2.24) is 10.9 Å². The minimum Gasteiger partial charge on any atom is -0.287 e. The summed E-state index contributed by atoms with van der Waals surface area (Å²) in [4.78, 5) is 11.7. The van der Waals surface area contributed by atoms with Crippen LogP contribution in [-0.2, 0) is 0 Å². The summed E-state index contributed by atoms with van der Waals surface area (Å²) in [6, 6.07) is 9.29. The maximum Gasteiger partial charge on any atom is 0.265 e. The lowest BCUT2D eigenvalue weighted by atomic mass is 9.89. The highest BCUT2D eigenvalue weighted by molar-refractivity contribution is 5.93. The molecule has 0 heterocycles. The maximum absolute atomic E-state index is 11.7. The zero-order valence-electron chi connectivity index (χ0n) is 10.1.